The van der Waals surface area contributed by atoms with E-state index in [9.17, 15) is 9.59 Å². The number of aromatic nitrogens is 1. The average molecular weight is 300 g/mol. The standard InChI is InChI=1S/C17H20N2O3/c1-4-22-17(21)13-6-5-12-7-15-16(20)18-9-10(2)11(3)19(15)14(12)8-13/h5-8,10-11H,4,9H2,1-3H3,(H,18,20)/t10-,11+/m1/s1. The predicted molar refractivity (Wildman–Crippen MR) is 84.1 cm³/mol. The molecule has 1 aliphatic rings. The topological polar surface area (TPSA) is 60.3 Å². The molecule has 0 aliphatic carbocycles. The van der Waals surface area contributed by atoms with Gasteiger partial charge in [0, 0.05) is 23.5 Å². The fraction of sp³-hybridized carbons (Fsp3) is 0.412. The molecule has 5 heteroatoms. The Morgan fingerprint density at radius 3 is 2.86 bits per heavy atom. The Bertz CT molecular complexity index is 748. The lowest BCUT2D eigenvalue weighted by molar-refractivity contribution is 0.0526. The number of amides is 1. The van der Waals surface area contributed by atoms with Gasteiger partial charge in [-0.05, 0) is 38.0 Å². The van der Waals surface area contributed by atoms with Crippen molar-refractivity contribution in [2.75, 3.05) is 13.2 Å². The van der Waals surface area contributed by atoms with Crippen LogP contribution in [0.25, 0.3) is 10.9 Å². The monoisotopic (exact) mass is 300 g/mol. The van der Waals surface area contributed by atoms with Crippen LogP contribution in [0.4, 0.5) is 0 Å². The summed E-state index contributed by atoms with van der Waals surface area (Å²) in [6, 6.07) is 7.48. The van der Waals surface area contributed by atoms with Crippen LogP contribution in [0, 0.1) is 5.92 Å². The average Bonchev–Trinajstić information content (AvgIpc) is 2.85. The van der Waals surface area contributed by atoms with Gasteiger partial charge in [-0.2, -0.15) is 0 Å². The summed E-state index contributed by atoms with van der Waals surface area (Å²) < 4.78 is 7.10. The number of rotatable bonds is 2. The van der Waals surface area contributed by atoms with Crippen molar-refractivity contribution in [2.24, 2.45) is 5.92 Å². The van der Waals surface area contributed by atoms with Gasteiger partial charge < -0.3 is 14.6 Å². The summed E-state index contributed by atoms with van der Waals surface area (Å²) in [6.07, 6.45) is 0. The molecule has 0 spiro atoms. The smallest absolute Gasteiger partial charge is 0.338 e. The highest BCUT2D eigenvalue weighted by atomic mass is 16.5. The molecule has 0 saturated carbocycles. The third-order valence-electron chi connectivity index (χ3n) is 4.40. The van der Waals surface area contributed by atoms with E-state index in [1.54, 1.807) is 13.0 Å². The summed E-state index contributed by atoms with van der Waals surface area (Å²) in [4.78, 5) is 24.2. The van der Waals surface area contributed by atoms with Gasteiger partial charge in [-0.15, -0.1) is 0 Å². The first-order valence-corrected chi connectivity index (χ1v) is 7.63. The van der Waals surface area contributed by atoms with E-state index < -0.39 is 0 Å². The van der Waals surface area contributed by atoms with E-state index in [1.807, 2.05) is 22.8 Å². The van der Waals surface area contributed by atoms with Gasteiger partial charge in [0.15, 0.2) is 0 Å². The Labute approximate surface area is 129 Å². The Morgan fingerprint density at radius 2 is 2.14 bits per heavy atom. The molecule has 1 aliphatic heterocycles. The van der Waals surface area contributed by atoms with Gasteiger partial charge in [0.05, 0.1) is 12.2 Å². The van der Waals surface area contributed by atoms with Gasteiger partial charge in [0.2, 0.25) is 0 Å². The van der Waals surface area contributed by atoms with Gasteiger partial charge in [-0.25, -0.2) is 4.79 Å². The molecule has 22 heavy (non-hydrogen) atoms. The van der Waals surface area contributed by atoms with Crippen molar-refractivity contribution in [1.29, 1.82) is 0 Å². The molecule has 5 nitrogen and oxygen atoms in total. The second-order valence-corrected chi connectivity index (χ2v) is 5.82. The Kier molecular flexibility index (Phi) is 3.64. The largest absolute Gasteiger partial charge is 0.462 e. The number of hydrogen-bond donors (Lipinski definition) is 1. The van der Waals surface area contributed by atoms with Crippen molar-refractivity contribution in [3.63, 3.8) is 0 Å². The molecular weight excluding hydrogens is 280 g/mol. The number of ether oxygens (including phenoxy) is 1. The highest BCUT2D eigenvalue weighted by molar-refractivity contribution is 6.01. The lowest BCUT2D eigenvalue weighted by Crippen LogP contribution is -2.26. The van der Waals surface area contributed by atoms with E-state index in [2.05, 4.69) is 19.2 Å². The van der Waals surface area contributed by atoms with Crippen LogP contribution in [0.2, 0.25) is 0 Å². The van der Waals surface area contributed by atoms with Crippen molar-refractivity contribution < 1.29 is 14.3 Å². The second-order valence-electron chi connectivity index (χ2n) is 5.82. The molecule has 0 saturated heterocycles. The summed E-state index contributed by atoms with van der Waals surface area (Å²) in [7, 11) is 0. The number of benzene rings is 1. The van der Waals surface area contributed by atoms with E-state index in [0.717, 1.165) is 10.9 Å². The lowest BCUT2D eigenvalue weighted by atomic mass is 10.0. The molecule has 2 heterocycles. The van der Waals surface area contributed by atoms with Crippen LogP contribution in [-0.2, 0) is 4.74 Å². The van der Waals surface area contributed by atoms with Crippen LogP contribution < -0.4 is 5.32 Å². The summed E-state index contributed by atoms with van der Waals surface area (Å²) in [5, 5.41) is 3.91. The zero-order valence-corrected chi connectivity index (χ0v) is 13.1. The number of hydrogen-bond acceptors (Lipinski definition) is 3. The van der Waals surface area contributed by atoms with Gasteiger partial charge in [0.25, 0.3) is 5.91 Å². The molecular formula is C17H20N2O3. The molecule has 0 radical (unpaired) electrons. The molecule has 1 N–H and O–H groups in total. The van der Waals surface area contributed by atoms with Gasteiger partial charge >= 0.3 is 5.97 Å². The van der Waals surface area contributed by atoms with Crippen LogP contribution in [0.5, 0.6) is 0 Å². The van der Waals surface area contributed by atoms with Crippen LogP contribution >= 0.6 is 0 Å². The minimum atomic E-state index is -0.335. The Morgan fingerprint density at radius 1 is 1.36 bits per heavy atom. The maximum Gasteiger partial charge on any atom is 0.338 e. The number of nitrogens with one attached hydrogen (secondary N) is 1. The Balaban J connectivity index is 2.18. The number of carbonyl (C=O) groups is 2. The SMILES string of the molecule is CCOC(=O)c1ccc2cc3n(c2c1)[C@@H](C)[C@H](C)CNC3=O. The minimum absolute atomic E-state index is 0.0647. The second kappa shape index (κ2) is 5.48. The zero-order chi connectivity index (χ0) is 15.9. The van der Waals surface area contributed by atoms with Crippen molar-refractivity contribution in [2.45, 2.75) is 26.8 Å². The summed E-state index contributed by atoms with van der Waals surface area (Å²) in [5.74, 6) is -0.0872. The molecule has 1 aromatic carbocycles. The highest BCUT2D eigenvalue weighted by Crippen LogP contribution is 2.30. The first-order valence-electron chi connectivity index (χ1n) is 7.63. The molecule has 0 fully saturated rings. The van der Waals surface area contributed by atoms with Gasteiger partial charge in [-0.1, -0.05) is 13.0 Å². The van der Waals surface area contributed by atoms with Crippen LogP contribution in [0.3, 0.4) is 0 Å². The van der Waals surface area contributed by atoms with Gasteiger partial charge in [-0.3, -0.25) is 4.79 Å². The molecule has 2 aromatic rings. The van der Waals surface area contributed by atoms with Crippen molar-refractivity contribution >= 4 is 22.8 Å². The molecule has 0 bridgehead atoms. The first kappa shape index (κ1) is 14.6. The minimum Gasteiger partial charge on any atom is -0.462 e. The molecule has 2 atom stereocenters. The maximum atomic E-state index is 12.3. The van der Waals surface area contributed by atoms with E-state index in [-0.39, 0.29) is 17.9 Å². The van der Waals surface area contributed by atoms with Crippen LogP contribution in [-0.4, -0.2) is 29.6 Å². The van der Waals surface area contributed by atoms with E-state index in [0.29, 0.717) is 30.3 Å². The van der Waals surface area contributed by atoms with Gasteiger partial charge in [0.1, 0.15) is 5.69 Å². The van der Waals surface area contributed by atoms with Crippen molar-refractivity contribution in [1.82, 2.24) is 9.88 Å². The van der Waals surface area contributed by atoms with E-state index >= 15 is 0 Å². The summed E-state index contributed by atoms with van der Waals surface area (Å²) >= 11 is 0. The zero-order valence-electron chi connectivity index (χ0n) is 13.1. The van der Waals surface area contributed by atoms with E-state index in [4.69, 9.17) is 4.74 Å². The molecule has 1 amide bonds. The van der Waals surface area contributed by atoms with Crippen LogP contribution in [0.15, 0.2) is 24.3 Å². The molecule has 3 rings (SSSR count). The summed E-state index contributed by atoms with van der Waals surface area (Å²) in [6.45, 7) is 7.00. The van der Waals surface area contributed by atoms with Crippen LogP contribution in [0.1, 0.15) is 47.7 Å². The third-order valence-corrected chi connectivity index (χ3v) is 4.40. The van der Waals surface area contributed by atoms with Crippen molar-refractivity contribution in [3.05, 3.63) is 35.5 Å². The quantitative estimate of drug-likeness (QED) is 0.868. The maximum absolute atomic E-state index is 12.3. The fourth-order valence-electron chi connectivity index (χ4n) is 2.95. The molecule has 116 valence electrons. The first-order chi connectivity index (χ1) is 10.5. The number of nitrogens with zero attached hydrogens (tertiary/aromatic N) is 1. The normalized spacial score (nSPS) is 21.1. The Hall–Kier alpha value is -2.30. The lowest BCUT2D eigenvalue weighted by Gasteiger charge is -2.20. The highest BCUT2D eigenvalue weighted by Gasteiger charge is 2.27. The van der Waals surface area contributed by atoms with E-state index in [1.165, 1.54) is 0 Å². The molecule has 1 aromatic heterocycles. The number of esters is 1. The molecule has 0 unspecified atom stereocenters. The number of carbonyl (C=O) groups excluding carboxylic acids is 2. The predicted octanol–water partition coefficient (Wildman–Crippen LogP) is 2.76. The third kappa shape index (κ3) is 2.26. The fourth-order valence-corrected chi connectivity index (χ4v) is 2.95. The van der Waals surface area contributed by atoms with Crippen molar-refractivity contribution in [3.8, 4) is 0 Å². The number of fused-ring (bicyclic) bond motifs is 3. The summed E-state index contributed by atoms with van der Waals surface area (Å²) in [5.41, 5.74) is 2.06.